The largest absolute Gasteiger partial charge is 0.452 e. The topological polar surface area (TPSA) is 84.1 Å². The molecule has 3 aromatic rings. The average molecular weight is 349 g/mol. The van der Waals surface area contributed by atoms with Crippen LogP contribution < -0.4 is 5.32 Å². The lowest BCUT2D eigenvalue weighted by Crippen LogP contribution is -2.21. The van der Waals surface area contributed by atoms with Crippen molar-refractivity contribution in [2.75, 3.05) is 11.9 Å². The van der Waals surface area contributed by atoms with Gasteiger partial charge in [-0.25, -0.2) is 9.78 Å². The van der Waals surface area contributed by atoms with Crippen LogP contribution in [-0.2, 0) is 9.53 Å². The third-order valence-electron chi connectivity index (χ3n) is 3.73. The Morgan fingerprint density at radius 3 is 2.38 bits per heavy atom. The van der Waals surface area contributed by atoms with Gasteiger partial charge in [-0.05, 0) is 49.2 Å². The van der Waals surface area contributed by atoms with Crippen LogP contribution in [0.4, 0.5) is 5.69 Å². The van der Waals surface area contributed by atoms with Crippen molar-refractivity contribution in [3.63, 3.8) is 0 Å². The van der Waals surface area contributed by atoms with E-state index in [9.17, 15) is 9.59 Å². The molecule has 0 atom stereocenters. The number of nitrogens with one attached hydrogen (secondary N) is 2. The number of aryl methyl sites for hydroxylation is 2. The summed E-state index contributed by atoms with van der Waals surface area (Å²) in [6.07, 6.45) is 3.39. The number of nitrogens with zero attached hydrogens (tertiary/aromatic N) is 1. The lowest BCUT2D eigenvalue weighted by atomic mass is 10.1. The Labute approximate surface area is 151 Å². The number of esters is 1. The lowest BCUT2D eigenvalue weighted by Gasteiger charge is -2.08. The summed E-state index contributed by atoms with van der Waals surface area (Å²) >= 11 is 0. The zero-order valence-electron chi connectivity index (χ0n) is 14.6. The van der Waals surface area contributed by atoms with E-state index in [4.69, 9.17) is 4.74 Å². The first-order valence-electron chi connectivity index (χ1n) is 8.16. The highest BCUT2D eigenvalue weighted by Crippen LogP contribution is 2.16. The van der Waals surface area contributed by atoms with Gasteiger partial charge < -0.3 is 15.0 Å². The molecule has 6 heteroatoms. The van der Waals surface area contributed by atoms with Crippen LogP contribution in [0.2, 0.25) is 0 Å². The average Bonchev–Trinajstić information content (AvgIpc) is 3.13. The van der Waals surface area contributed by atoms with Gasteiger partial charge in [0.05, 0.1) is 5.56 Å². The monoisotopic (exact) mass is 349 g/mol. The molecule has 26 heavy (non-hydrogen) atoms. The van der Waals surface area contributed by atoms with Crippen molar-refractivity contribution in [2.45, 2.75) is 13.8 Å². The molecule has 0 bridgehead atoms. The number of H-pyrrole nitrogens is 1. The summed E-state index contributed by atoms with van der Waals surface area (Å²) in [4.78, 5) is 31.2. The number of aromatic amines is 1. The van der Waals surface area contributed by atoms with E-state index in [-0.39, 0.29) is 12.5 Å². The molecule has 0 unspecified atom stereocenters. The van der Waals surface area contributed by atoms with Gasteiger partial charge in [0.15, 0.2) is 6.61 Å². The van der Waals surface area contributed by atoms with E-state index in [0.29, 0.717) is 11.3 Å². The molecule has 1 aromatic heterocycles. The van der Waals surface area contributed by atoms with Crippen molar-refractivity contribution in [2.24, 2.45) is 0 Å². The molecule has 0 aliphatic carbocycles. The fourth-order valence-corrected chi connectivity index (χ4v) is 2.65. The van der Waals surface area contributed by atoms with Crippen molar-refractivity contribution < 1.29 is 14.3 Å². The molecule has 0 fully saturated rings. The van der Waals surface area contributed by atoms with E-state index in [1.165, 1.54) is 0 Å². The summed E-state index contributed by atoms with van der Waals surface area (Å²) in [5.74, 6) is -0.208. The van der Waals surface area contributed by atoms with Gasteiger partial charge in [0.1, 0.15) is 5.82 Å². The number of carbonyl (C=O) groups is 2. The first-order valence-corrected chi connectivity index (χ1v) is 8.16. The van der Waals surface area contributed by atoms with Gasteiger partial charge in [0, 0.05) is 23.6 Å². The first-order chi connectivity index (χ1) is 12.5. The number of anilines is 1. The smallest absolute Gasteiger partial charge is 0.338 e. The van der Waals surface area contributed by atoms with Gasteiger partial charge >= 0.3 is 5.97 Å². The molecule has 132 valence electrons. The predicted octanol–water partition coefficient (Wildman–Crippen LogP) is 3.49. The Morgan fingerprint density at radius 1 is 1.08 bits per heavy atom. The summed E-state index contributed by atoms with van der Waals surface area (Å²) in [5, 5.41) is 2.73. The number of hydrogen-bond donors (Lipinski definition) is 2. The quantitative estimate of drug-likeness (QED) is 0.691. The van der Waals surface area contributed by atoms with Crippen LogP contribution in [0.25, 0.3) is 11.4 Å². The molecular formula is C20H19N3O3. The molecule has 0 spiro atoms. The molecule has 0 saturated heterocycles. The van der Waals surface area contributed by atoms with Crippen molar-refractivity contribution >= 4 is 17.6 Å². The number of carbonyl (C=O) groups excluding carboxylic acids is 2. The Balaban J connectivity index is 1.55. The van der Waals surface area contributed by atoms with E-state index >= 15 is 0 Å². The van der Waals surface area contributed by atoms with Crippen LogP contribution in [0.3, 0.4) is 0 Å². The molecule has 0 saturated carbocycles. The molecule has 2 aromatic carbocycles. The van der Waals surface area contributed by atoms with Crippen molar-refractivity contribution in [3.05, 3.63) is 71.5 Å². The minimum Gasteiger partial charge on any atom is -0.452 e. The van der Waals surface area contributed by atoms with Crippen LogP contribution in [-0.4, -0.2) is 28.5 Å². The van der Waals surface area contributed by atoms with E-state index in [1.807, 2.05) is 32.0 Å². The zero-order valence-corrected chi connectivity index (χ0v) is 14.6. The van der Waals surface area contributed by atoms with E-state index < -0.39 is 5.97 Å². The summed E-state index contributed by atoms with van der Waals surface area (Å²) in [6.45, 7) is 3.57. The molecule has 2 N–H and O–H groups in total. The molecule has 0 aliphatic rings. The van der Waals surface area contributed by atoms with Gasteiger partial charge in [-0.15, -0.1) is 0 Å². The highest BCUT2D eigenvalue weighted by molar-refractivity contribution is 5.95. The molecule has 6 nitrogen and oxygen atoms in total. The minimum atomic E-state index is -0.549. The van der Waals surface area contributed by atoms with Gasteiger partial charge in [-0.1, -0.05) is 18.2 Å². The van der Waals surface area contributed by atoms with Crippen LogP contribution in [0.5, 0.6) is 0 Å². The lowest BCUT2D eigenvalue weighted by molar-refractivity contribution is -0.119. The molecule has 0 aliphatic heterocycles. The standard InChI is InChI=1S/C20H19N3O3/c1-13-9-14(2)11-17(10-13)23-18(24)12-26-20(25)16-5-3-15(4-6-16)19-21-7-8-22-19/h3-11H,12H2,1-2H3,(H,21,22)(H,23,24). The number of imidazole rings is 1. The summed E-state index contributed by atoms with van der Waals surface area (Å²) in [7, 11) is 0. The number of rotatable bonds is 5. The van der Waals surface area contributed by atoms with Crippen LogP contribution in [0.1, 0.15) is 21.5 Å². The minimum absolute atomic E-state index is 0.342. The predicted molar refractivity (Wildman–Crippen MR) is 98.9 cm³/mol. The van der Waals surface area contributed by atoms with Crippen molar-refractivity contribution in [1.29, 1.82) is 0 Å². The first kappa shape index (κ1) is 17.4. The van der Waals surface area contributed by atoms with Gasteiger partial charge in [-0.3, -0.25) is 4.79 Å². The summed E-state index contributed by atoms with van der Waals surface area (Å²) in [6, 6.07) is 12.6. The van der Waals surface area contributed by atoms with Crippen LogP contribution >= 0.6 is 0 Å². The summed E-state index contributed by atoms with van der Waals surface area (Å²) < 4.78 is 5.08. The second kappa shape index (κ2) is 7.65. The van der Waals surface area contributed by atoms with Crippen LogP contribution in [0.15, 0.2) is 54.9 Å². The number of benzene rings is 2. The number of hydrogen-bond acceptors (Lipinski definition) is 4. The highest BCUT2D eigenvalue weighted by atomic mass is 16.5. The molecule has 0 radical (unpaired) electrons. The highest BCUT2D eigenvalue weighted by Gasteiger charge is 2.11. The molecule has 1 heterocycles. The maximum absolute atomic E-state index is 12.1. The third kappa shape index (κ3) is 4.36. The second-order valence-electron chi connectivity index (χ2n) is 6.02. The van der Waals surface area contributed by atoms with Crippen molar-refractivity contribution in [3.8, 4) is 11.4 Å². The van der Waals surface area contributed by atoms with Gasteiger partial charge in [-0.2, -0.15) is 0 Å². The van der Waals surface area contributed by atoms with E-state index in [2.05, 4.69) is 15.3 Å². The molecule has 3 rings (SSSR count). The maximum Gasteiger partial charge on any atom is 0.338 e. The van der Waals surface area contributed by atoms with Gasteiger partial charge in [0.2, 0.25) is 0 Å². The zero-order chi connectivity index (χ0) is 18.5. The fraction of sp³-hybridized carbons (Fsp3) is 0.150. The second-order valence-corrected chi connectivity index (χ2v) is 6.02. The molecular weight excluding hydrogens is 330 g/mol. The Bertz CT molecular complexity index is 896. The van der Waals surface area contributed by atoms with Crippen molar-refractivity contribution in [1.82, 2.24) is 9.97 Å². The number of aromatic nitrogens is 2. The third-order valence-corrected chi connectivity index (χ3v) is 3.73. The van der Waals surface area contributed by atoms with E-state index in [1.54, 1.807) is 36.7 Å². The number of ether oxygens (including phenoxy) is 1. The van der Waals surface area contributed by atoms with Crippen LogP contribution in [0, 0.1) is 13.8 Å². The maximum atomic E-state index is 12.1. The van der Waals surface area contributed by atoms with E-state index in [0.717, 1.165) is 22.5 Å². The normalized spacial score (nSPS) is 10.4. The Hall–Kier alpha value is -3.41. The summed E-state index contributed by atoms with van der Waals surface area (Å²) in [5.41, 5.74) is 4.02. The Morgan fingerprint density at radius 2 is 1.77 bits per heavy atom. The van der Waals surface area contributed by atoms with Gasteiger partial charge in [0.25, 0.3) is 5.91 Å². The fourth-order valence-electron chi connectivity index (χ4n) is 2.65. The SMILES string of the molecule is Cc1cc(C)cc(NC(=O)COC(=O)c2ccc(-c3ncc[nH]3)cc2)c1. The molecule has 1 amide bonds. The number of amides is 1. The Kier molecular flexibility index (Phi) is 5.12.